The molecule has 58 heavy (non-hydrogen) atoms. The normalized spacial score (nSPS) is 11.0. The highest BCUT2D eigenvalue weighted by Crippen LogP contribution is 2.55. The third-order valence-corrected chi connectivity index (χ3v) is 18.1. The van der Waals surface area contributed by atoms with E-state index in [1.165, 1.54) is 42.4 Å². The summed E-state index contributed by atoms with van der Waals surface area (Å²) in [6, 6.07) is 87.7. The minimum absolute atomic E-state index is 0.384. The van der Waals surface area contributed by atoms with Crippen LogP contribution in [0.4, 0.5) is 0 Å². The van der Waals surface area contributed by atoms with E-state index >= 15 is 0 Å². The molecular weight excluding hydrogens is 751 g/mol. The Morgan fingerprint density at radius 3 is 0.483 bits per heavy atom. The molecule has 0 aliphatic carbocycles. The standard InChI is InChI=1S/2C24H20P.C4H4O4/c2*1-5-13-21(14-6-1)25(22-15-7-2-8-16-22,23-17-9-3-10-18-23)24-19-11-4-12-20-24;5-3(6)1-2-4(7)8/h2*1-20H;1-2H,(H,5,6)(H,7,8)/q2*+1;/p-2/b;;2-1+. The quantitative estimate of drug-likeness (QED) is 0.133. The van der Waals surface area contributed by atoms with Gasteiger partial charge in [-0.1, -0.05) is 146 Å². The molecule has 8 rings (SSSR count). The minimum atomic E-state index is -1.91. The molecule has 0 fully saturated rings. The first-order valence-corrected chi connectivity index (χ1v) is 22.4. The lowest BCUT2D eigenvalue weighted by Crippen LogP contribution is -2.38. The Balaban J connectivity index is 0.000000165. The molecule has 0 spiro atoms. The fourth-order valence-electron chi connectivity index (χ4n) is 7.14. The van der Waals surface area contributed by atoms with Crippen molar-refractivity contribution < 1.29 is 19.8 Å². The number of hydrogen-bond acceptors (Lipinski definition) is 4. The van der Waals surface area contributed by atoms with Crippen molar-refractivity contribution in [3.8, 4) is 0 Å². The molecule has 0 saturated carbocycles. The molecule has 0 bridgehead atoms. The predicted molar refractivity (Wildman–Crippen MR) is 242 cm³/mol. The molecule has 4 nitrogen and oxygen atoms in total. The SMILES string of the molecule is O=C([O-])/C=C/C(=O)[O-].c1ccc([P+](c2ccccc2)(c2ccccc2)c2ccccc2)cc1.c1ccc([P+](c2ccccc2)(c2ccccc2)c2ccccc2)cc1. The number of rotatable bonds is 10. The molecule has 0 saturated heterocycles. The first-order valence-electron chi connectivity index (χ1n) is 18.8. The van der Waals surface area contributed by atoms with Crippen LogP contribution in [-0.2, 0) is 9.59 Å². The van der Waals surface area contributed by atoms with Crippen LogP contribution < -0.4 is 52.6 Å². The fraction of sp³-hybridized carbons (Fsp3) is 0. The van der Waals surface area contributed by atoms with Crippen LogP contribution in [0.5, 0.6) is 0 Å². The zero-order chi connectivity index (χ0) is 40.5. The molecule has 0 unspecified atom stereocenters. The van der Waals surface area contributed by atoms with Gasteiger partial charge >= 0.3 is 0 Å². The zero-order valence-corrected chi connectivity index (χ0v) is 33.6. The average molecular weight is 793 g/mol. The summed E-state index contributed by atoms with van der Waals surface area (Å²) < 4.78 is 0. The van der Waals surface area contributed by atoms with E-state index in [2.05, 4.69) is 243 Å². The molecule has 0 N–H and O–H groups in total. The van der Waals surface area contributed by atoms with Gasteiger partial charge in [0.25, 0.3) is 0 Å². The summed E-state index contributed by atoms with van der Waals surface area (Å²) in [6.45, 7) is 0. The first-order chi connectivity index (χ1) is 28.5. The third-order valence-electron chi connectivity index (χ3n) is 9.50. The zero-order valence-electron chi connectivity index (χ0n) is 31.8. The van der Waals surface area contributed by atoms with Gasteiger partial charge in [-0.15, -0.1) is 0 Å². The van der Waals surface area contributed by atoms with E-state index < -0.39 is 26.5 Å². The molecule has 0 atom stereocenters. The van der Waals surface area contributed by atoms with E-state index in [0.717, 1.165) is 0 Å². The second-order valence-electron chi connectivity index (χ2n) is 13.0. The highest BCUT2D eigenvalue weighted by Gasteiger charge is 2.48. The van der Waals surface area contributed by atoms with Gasteiger partial charge < -0.3 is 19.8 Å². The van der Waals surface area contributed by atoms with Crippen LogP contribution >= 0.6 is 14.5 Å². The van der Waals surface area contributed by atoms with E-state index in [9.17, 15) is 19.8 Å². The van der Waals surface area contributed by atoms with Crippen molar-refractivity contribution in [2.75, 3.05) is 0 Å². The molecule has 0 aliphatic heterocycles. The maximum Gasteiger partial charge on any atom is 0.144 e. The molecule has 0 heterocycles. The Hall–Kier alpha value is -6.70. The van der Waals surface area contributed by atoms with E-state index in [1.54, 1.807) is 0 Å². The van der Waals surface area contributed by atoms with Crippen LogP contribution in [0.15, 0.2) is 255 Å². The second-order valence-corrected chi connectivity index (χ2v) is 19.8. The summed E-state index contributed by atoms with van der Waals surface area (Å²) >= 11 is 0. The summed E-state index contributed by atoms with van der Waals surface area (Å²) in [5, 5.41) is 29.9. The predicted octanol–water partition coefficient (Wildman–Crippen LogP) is 5.65. The maximum atomic E-state index is 9.41. The van der Waals surface area contributed by atoms with Crippen molar-refractivity contribution >= 4 is 68.9 Å². The number of carbonyl (C=O) groups is 2. The second kappa shape index (κ2) is 20.5. The van der Waals surface area contributed by atoms with Gasteiger partial charge in [0.05, 0.1) is 11.9 Å². The Kier molecular flexibility index (Phi) is 14.4. The number of carboxylic acids is 2. The summed E-state index contributed by atoms with van der Waals surface area (Å²) in [4.78, 5) is 18.8. The highest BCUT2D eigenvalue weighted by molar-refractivity contribution is 8.02. The smallest absolute Gasteiger partial charge is 0.144 e. The van der Waals surface area contributed by atoms with Gasteiger partial charge in [0.1, 0.15) is 57.0 Å². The molecule has 8 aromatic rings. The molecule has 8 aromatic carbocycles. The molecule has 0 amide bonds. The lowest BCUT2D eigenvalue weighted by molar-refractivity contribution is -0.301. The van der Waals surface area contributed by atoms with Gasteiger partial charge in [-0.25, -0.2) is 0 Å². The van der Waals surface area contributed by atoms with Crippen LogP contribution in [0.3, 0.4) is 0 Å². The van der Waals surface area contributed by atoms with Gasteiger partial charge in [0.15, 0.2) is 0 Å². The van der Waals surface area contributed by atoms with Gasteiger partial charge in [0, 0.05) is 0 Å². The van der Waals surface area contributed by atoms with E-state index in [0.29, 0.717) is 12.2 Å². The Bertz CT molecular complexity index is 1960. The largest absolute Gasteiger partial charge is 0.545 e. The van der Waals surface area contributed by atoms with Gasteiger partial charge in [-0.3, -0.25) is 0 Å². The minimum Gasteiger partial charge on any atom is -0.545 e. The van der Waals surface area contributed by atoms with E-state index in [4.69, 9.17) is 0 Å². The van der Waals surface area contributed by atoms with Crippen LogP contribution in [0.1, 0.15) is 0 Å². The average Bonchev–Trinajstić information content (AvgIpc) is 3.30. The number of carbonyl (C=O) groups excluding carboxylic acids is 2. The van der Waals surface area contributed by atoms with Crippen LogP contribution in [0, 0.1) is 0 Å². The van der Waals surface area contributed by atoms with Crippen LogP contribution in [-0.4, -0.2) is 11.9 Å². The molecule has 6 heteroatoms. The number of hydrogen-bond donors (Lipinski definition) is 0. The van der Waals surface area contributed by atoms with Crippen molar-refractivity contribution in [3.63, 3.8) is 0 Å². The maximum absolute atomic E-state index is 9.41. The lowest BCUT2D eigenvalue weighted by Gasteiger charge is -2.27. The highest BCUT2D eigenvalue weighted by atomic mass is 31.2. The molecule has 0 radical (unpaired) electrons. The Labute approximate surface area is 342 Å². The Morgan fingerprint density at radius 2 is 0.379 bits per heavy atom. The van der Waals surface area contributed by atoms with Crippen molar-refractivity contribution in [1.82, 2.24) is 0 Å². The van der Waals surface area contributed by atoms with Crippen molar-refractivity contribution in [2.45, 2.75) is 0 Å². The van der Waals surface area contributed by atoms with Crippen LogP contribution in [0.25, 0.3) is 0 Å². The number of benzene rings is 8. The summed E-state index contributed by atoms with van der Waals surface area (Å²) in [5.74, 6) is -3.09. The summed E-state index contributed by atoms with van der Waals surface area (Å²) in [7, 11) is -3.81. The number of aliphatic carboxylic acids is 2. The lowest BCUT2D eigenvalue weighted by atomic mass is 10.3. The third kappa shape index (κ3) is 9.45. The summed E-state index contributed by atoms with van der Waals surface area (Å²) in [6.07, 6.45) is 0.769. The van der Waals surface area contributed by atoms with Crippen molar-refractivity contribution in [2.24, 2.45) is 0 Å². The van der Waals surface area contributed by atoms with Crippen LogP contribution in [0.2, 0.25) is 0 Å². The van der Waals surface area contributed by atoms with Crippen molar-refractivity contribution in [1.29, 1.82) is 0 Å². The molecular formula is C52H42O4P2. The Morgan fingerprint density at radius 1 is 0.259 bits per heavy atom. The fourth-order valence-corrected chi connectivity index (χ4v) is 15.7. The first kappa shape index (κ1) is 40.9. The van der Waals surface area contributed by atoms with Gasteiger partial charge in [0.2, 0.25) is 0 Å². The van der Waals surface area contributed by atoms with Gasteiger partial charge in [-0.2, -0.15) is 0 Å². The van der Waals surface area contributed by atoms with E-state index in [1.807, 2.05) is 0 Å². The summed E-state index contributed by atoms with van der Waals surface area (Å²) in [5.41, 5.74) is 0. The molecule has 0 aromatic heterocycles. The molecule has 0 aliphatic rings. The number of carboxylic acid groups (broad SMARTS) is 2. The topological polar surface area (TPSA) is 80.3 Å². The molecule has 284 valence electrons. The van der Waals surface area contributed by atoms with Crippen molar-refractivity contribution in [3.05, 3.63) is 255 Å². The van der Waals surface area contributed by atoms with Gasteiger partial charge in [-0.05, 0) is 109 Å². The monoisotopic (exact) mass is 792 g/mol. The van der Waals surface area contributed by atoms with E-state index in [-0.39, 0.29) is 0 Å².